The normalized spacial score (nSPS) is 10.8. The third kappa shape index (κ3) is 4.39. The van der Waals surface area contributed by atoms with Crippen LogP contribution in [0.1, 0.15) is 18.6 Å². The number of hydrogen-bond acceptors (Lipinski definition) is 6. The molecule has 0 spiro atoms. The van der Waals surface area contributed by atoms with Crippen LogP contribution in [-0.2, 0) is 0 Å². The fourth-order valence-electron chi connectivity index (χ4n) is 3.19. The van der Waals surface area contributed by atoms with E-state index in [1.165, 1.54) is 6.33 Å². The summed E-state index contributed by atoms with van der Waals surface area (Å²) in [6.45, 7) is 3.28. The second-order valence-corrected chi connectivity index (χ2v) is 7.57. The second-order valence-electron chi connectivity index (χ2n) is 7.57. The smallest absolute Gasteiger partial charge is 0.337 e. The second kappa shape index (κ2) is 9.36. The first-order valence-corrected chi connectivity index (χ1v) is 10.4. The van der Waals surface area contributed by atoms with Crippen molar-refractivity contribution >= 4 is 46.5 Å². The molecule has 3 N–H and O–H groups in total. The van der Waals surface area contributed by atoms with E-state index in [9.17, 15) is 19.2 Å². The maximum atomic E-state index is 13.3. The van der Waals surface area contributed by atoms with Gasteiger partial charge < -0.3 is 15.6 Å². The molecule has 4 amide bonds. The van der Waals surface area contributed by atoms with Gasteiger partial charge in [0.15, 0.2) is 11.2 Å². The lowest BCUT2D eigenvalue weighted by molar-refractivity contribution is 0.0860. The Morgan fingerprint density at radius 3 is 1.94 bits per heavy atom. The van der Waals surface area contributed by atoms with E-state index in [-0.39, 0.29) is 11.2 Å². The highest BCUT2D eigenvalue weighted by Crippen LogP contribution is 2.21. The summed E-state index contributed by atoms with van der Waals surface area (Å²) < 4.78 is 0.993. The number of aromatic nitrogens is 4. The molecular weight excluding hydrogens is 438 g/mol. The summed E-state index contributed by atoms with van der Waals surface area (Å²) in [5.41, 5.74) is -0.0476. The van der Waals surface area contributed by atoms with E-state index in [1.54, 1.807) is 74.5 Å². The molecular formula is C23H21N7O4. The molecule has 34 heavy (non-hydrogen) atoms. The number of anilines is 3. The Hall–Kier alpha value is -4.80. The number of imide groups is 1. The van der Waals surface area contributed by atoms with Crippen molar-refractivity contribution in [1.29, 1.82) is 0 Å². The van der Waals surface area contributed by atoms with Crippen LogP contribution in [-0.4, -0.2) is 37.5 Å². The van der Waals surface area contributed by atoms with E-state index in [2.05, 4.69) is 25.6 Å². The van der Waals surface area contributed by atoms with Crippen LogP contribution in [0, 0.1) is 5.92 Å². The minimum absolute atomic E-state index is 0.0235. The third-order valence-corrected chi connectivity index (χ3v) is 4.82. The lowest BCUT2D eigenvalue weighted by Gasteiger charge is -2.24. The first-order chi connectivity index (χ1) is 16.4. The van der Waals surface area contributed by atoms with Crippen molar-refractivity contribution in [3.05, 3.63) is 77.3 Å². The molecule has 2 aromatic carbocycles. The molecule has 0 radical (unpaired) electrons. The number of hydrogen-bond donors (Lipinski definition) is 3. The number of nitrogens with zero attached hydrogens (tertiary/aromatic N) is 4. The molecule has 0 saturated carbocycles. The van der Waals surface area contributed by atoms with Crippen molar-refractivity contribution in [3.63, 3.8) is 0 Å². The van der Waals surface area contributed by atoms with Crippen LogP contribution in [0.25, 0.3) is 11.2 Å². The van der Waals surface area contributed by atoms with Gasteiger partial charge in [0.1, 0.15) is 0 Å². The molecule has 0 aliphatic carbocycles. The predicted octanol–water partition coefficient (Wildman–Crippen LogP) is 3.69. The van der Waals surface area contributed by atoms with E-state index in [4.69, 9.17) is 0 Å². The van der Waals surface area contributed by atoms with Gasteiger partial charge in [0.2, 0.25) is 11.9 Å². The first kappa shape index (κ1) is 22.4. The van der Waals surface area contributed by atoms with Crippen LogP contribution in [0.5, 0.6) is 0 Å². The molecule has 11 nitrogen and oxygen atoms in total. The number of fused-ring (bicyclic) bond motifs is 1. The van der Waals surface area contributed by atoms with Gasteiger partial charge in [-0.25, -0.2) is 19.1 Å². The molecule has 0 bridgehead atoms. The van der Waals surface area contributed by atoms with Gasteiger partial charge in [-0.05, 0) is 24.3 Å². The molecule has 2 aromatic heterocycles. The van der Waals surface area contributed by atoms with Crippen molar-refractivity contribution in [3.8, 4) is 0 Å². The van der Waals surface area contributed by atoms with Gasteiger partial charge in [0, 0.05) is 17.3 Å². The number of H-pyrrole nitrogens is 1. The van der Waals surface area contributed by atoms with Crippen LogP contribution in [0.2, 0.25) is 0 Å². The number of imidazole rings is 1. The van der Waals surface area contributed by atoms with E-state index >= 15 is 0 Å². The van der Waals surface area contributed by atoms with Crippen molar-refractivity contribution in [1.82, 2.24) is 19.5 Å². The summed E-state index contributed by atoms with van der Waals surface area (Å²) in [5, 5.41) is 5.19. The number of urea groups is 2. The monoisotopic (exact) mass is 459 g/mol. The standard InChI is InChI=1S/C23H21N7O4/c1-14(2)20(32)29-18-17(24-13-25-18)19(31)28-21(29)30(22(33)26-15-9-5-3-6-10-15)23(34)27-16-11-7-4-8-12-16/h3-14H,1-2H3,(H,24,25)(H,26,33)(H,27,34). The Kier molecular flexibility index (Phi) is 6.17. The molecule has 0 aliphatic rings. The number of carbonyl (C=O) groups is 3. The van der Waals surface area contributed by atoms with E-state index in [0.29, 0.717) is 16.3 Å². The molecule has 0 fully saturated rings. The lowest BCUT2D eigenvalue weighted by atomic mass is 10.2. The van der Waals surface area contributed by atoms with Gasteiger partial charge in [-0.3, -0.25) is 9.59 Å². The minimum atomic E-state index is -0.924. The minimum Gasteiger partial charge on any atom is -0.339 e. The van der Waals surface area contributed by atoms with Crippen molar-refractivity contribution in [2.24, 2.45) is 5.92 Å². The van der Waals surface area contributed by atoms with Crippen molar-refractivity contribution < 1.29 is 14.4 Å². The van der Waals surface area contributed by atoms with Crippen LogP contribution < -0.4 is 21.1 Å². The average Bonchev–Trinajstić information content (AvgIpc) is 3.31. The first-order valence-electron chi connectivity index (χ1n) is 10.4. The van der Waals surface area contributed by atoms with Gasteiger partial charge in [-0.15, -0.1) is 0 Å². The Labute approximate surface area is 193 Å². The maximum Gasteiger partial charge on any atom is 0.337 e. The van der Waals surface area contributed by atoms with Crippen molar-refractivity contribution in [2.45, 2.75) is 13.8 Å². The molecule has 4 aromatic rings. The van der Waals surface area contributed by atoms with Gasteiger partial charge in [0.05, 0.1) is 6.33 Å². The van der Waals surface area contributed by atoms with Gasteiger partial charge in [0.25, 0.3) is 0 Å². The quantitative estimate of drug-likeness (QED) is 0.425. The highest BCUT2D eigenvalue weighted by molar-refractivity contribution is 6.21. The lowest BCUT2D eigenvalue weighted by Crippen LogP contribution is -2.46. The van der Waals surface area contributed by atoms with E-state index in [0.717, 1.165) is 4.57 Å². The number of nitrogens with one attached hydrogen (secondary N) is 3. The predicted molar refractivity (Wildman–Crippen MR) is 127 cm³/mol. The Balaban J connectivity index is 1.88. The maximum absolute atomic E-state index is 13.3. The van der Waals surface area contributed by atoms with Crippen LogP contribution >= 0.6 is 0 Å². The Morgan fingerprint density at radius 1 is 0.912 bits per heavy atom. The van der Waals surface area contributed by atoms with Gasteiger partial charge in [-0.2, -0.15) is 9.88 Å². The summed E-state index contributed by atoms with van der Waals surface area (Å²) in [6.07, 6.45) is 1.24. The molecule has 0 atom stereocenters. The zero-order chi connectivity index (χ0) is 24.2. The summed E-state index contributed by atoms with van der Waals surface area (Å²) in [6, 6.07) is 15.0. The molecule has 172 valence electrons. The summed E-state index contributed by atoms with van der Waals surface area (Å²) in [7, 11) is 0. The summed E-state index contributed by atoms with van der Waals surface area (Å²) in [5.74, 6) is -1.55. The topological polar surface area (TPSA) is 142 Å². The molecule has 0 unspecified atom stereocenters. The van der Waals surface area contributed by atoms with Crippen LogP contribution in [0.4, 0.5) is 26.9 Å². The third-order valence-electron chi connectivity index (χ3n) is 4.82. The fraction of sp³-hybridized carbons (Fsp3) is 0.130. The zero-order valence-corrected chi connectivity index (χ0v) is 18.4. The zero-order valence-electron chi connectivity index (χ0n) is 18.4. The Bertz CT molecular complexity index is 1360. The highest BCUT2D eigenvalue weighted by atomic mass is 16.2. The van der Waals surface area contributed by atoms with Crippen molar-refractivity contribution in [2.75, 3.05) is 15.5 Å². The SMILES string of the molecule is CC(C)C(=O)n1c(N(C(=O)Nc2ccccc2)C(=O)Nc2ccccc2)nc(=O)c2[nH]cnc21. The number of para-hydroxylation sites is 2. The van der Waals surface area contributed by atoms with Gasteiger partial charge >= 0.3 is 17.6 Å². The summed E-state index contributed by atoms with van der Waals surface area (Å²) in [4.78, 5) is 63.7. The van der Waals surface area contributed by atoms with E-state index in [1.807, 2.05) is 0 Å². The summed E-state index contributed by atoms with van der Waals surface area (Å²) >= 11 is 0. The van der Waals surface area contributed by atoms with Crippen LogP contribution in [0.15, 0.2) is 71.8 Å². The molecule has 4 rings (SSSR count). The number of aromatic amines is 1. The molecule has 2 heterocycles. The Morgan fingerprint density at radius 2 is 1.44 bits per heavy atom. The van der Waals surface area contributed by atoms with Crippen LogP contribution in [0.3, 0.4) is 0 Å². The molecule has 11 heteroatoms. The molecule has 0 saturated heterocycles. The number of amides is 4. The largest absolute Gasteiger partial charge is 0.339 e. The molecule has 0 aliphatic heterocycles. The average molecular weight is 459 g/mol. The fourth-order valence-corrected chi connectivity index (χ4v) is 3.19. The highest BCUT2D eigenvalue weighted by Gasteiger charge is 2.32. The number of benzene rings is 2. The number of carbonyl (C=O) groups excluding carboxylic acids is 3. The van der Waals surface area contributed by atoms with Gasteiger partial charge in [-0.1, -0.05) is 50.2 Å². The van der Waals surface area contributed by atoms with E-state index < -0.39 is 35.4 Å². The number of rotatable bonds is 4.